The highest BCUT2D eigenvalue weighted by Crippen LogP contribution is 2.15. The number of aldehydes is 1. The quantitative estimate of drug-likeness (QED) is 0.749. The predicted octanol–water partition coefficient (Wildman–Crippen LogP) is 3.19. The lowest BCUT2D eigenvalue weighted by Gasteiger charge is -2.07. The molecule has 23 heavy (non-hydrogen) atoms. The first kappa shape index (κ1) is 14.6. The summed E-state index contributed by atoms with van der Waals surface area (Å²) in [6.45, 7) is 0.189. The molecule has 1 N–H and O–H groups in total. The number of aromatic nitrogens is 2. The Hall–Kier alpha value is -3.28. The number of nitrogens with zero attached hydrogens (tertiary/aromatic N) is 2. The normalized spacial score (nSPS) is 10.3. The maximum Gasteiger partial charge on any atom is 0.412 e. The van der Waals surface area contributed by atoms with Crippen molar-refractivity contribution in [3.8, 4) is 0 Å². The molecule has 0 saturated carbocycles. The van der Waals surface area contributed by atoms with Crippen molar-refractivity contribution in [2.45, 2.75) is 6.61 Å². The monoisotopic (exact) mass is 307 g/mol. The van der Waals surface area contributed by atoms with Gasteiger partial charge in [0.2, 0.25) is 0 Å². The van der Waals surface area contributed by atoms with Crippen molar-refractivity contribution in [3.05, 3.63) is 66.0 Å². The summed E-state index contributed by atoms with van der Waals surface area (Å²) in [6.07, 6.45) is 3.08. The van der Waals surface area contributed by atoms with Gasteiger partial charge in [0.05, 0.1) is 22.9 Å². The maximum absolute atomic E-state index is 11.8. The molecule has 3 aromatic rings. The molecule has 6 heteroatoms. The third kappa shape index (κ3) is 3.68. The number of amides is 1. The van der Waals surface area contributed by atoms with Crippen LogP contribution >= 0.6 is 0 Å². The Morgan fingerprint density at radius 2 is 1.83 bits per heavy atom. The highest BCUT2D eigenvalue weighted by molar-refractivity contribution is 5.89. The first-order chi connectivity index (χ1) is 11.2. The summed E-state index contributed by atoms with van der Waals surface area (Å²) in [4.78, 5) is 30.8. The smallest absolute Gasteiger partial charge is 0.412 e. The zero-order valence-electron chi connectivity index (χ0n) is 12.1. The Balaban J connectivity index is 1.66. The lowest BCUT2D eigenvalue weighted by atomic mass is 10.2. The van der Waals surface area contributed by atoms with Gasteiger partial charge in [-0.3, -0.25) is 20.1 Å². The van der Waals surface area contributed by atoms with Crippen molar-refractivity contribution >= 4 is 29.1 Å². The molecule has 0 spiro atoms. The molecule has 1 aromatic carbocycles. The molecular formula is C17H13N3O3. The van der Waals surface area contributed by atoms with Crippen molar-refractivity contribution in [2.24, 2.45) is 0 Å². The summed E-state index contributed by atoms with van der Waals surface area (Å²) in [5.74, 6) is 0. The highest BCUT2D eigenvalue weighted by atomic mass is 16.5. The summed E-state index contributed by atoms with van der Waals surface area (Å²) in [7, 11) is 0. The Morgan fingerprint density at radius 3 is 2.61 bits per heavy atom. The standard InChI is InChI=1S/C17H13N3O3/c21-10-13-6-15-16(18-8-13)7-14(9-19-15)20-17(22)23-11-12-4-2-1-3-5-12/h1-10H,11H2,(H,20,22). The minimum atomic E-state index is -0.570. The van der Waals surface area contributed by atoms with Gasteiger partial charge >= 0.3 is 6.09 Å². The molecular weight excluding hydrogens is 294 g/mol. The second-order valence-corrected chi connectivity index (χ2v) is 4.84. The number of hydrogen-bond acceptors (Lipinski definition) is 5. The lowest BCUT2D eigenvalue weighted by Crippen LogP contribution is -2.13. The molecule has 2 aromatic heterocycles. The minimum Gasteiger partial charge on any atom is -0.444 e. The molecule has 0 aliphatic carbocycles. The van der Waals surface area contributed by atoms with Gasteiger partial charge in [-0.2, -0.15) is 0 Å². The van der Waals surface area contributed by atoms with Crippen LogP contribution in [-0.4, -0.2) is 22.3 Å². The van der Waals surface area contributed by atoms with Gasteiger partial charge < -0.3 is 4.74 Å². The largest absolute Gasteiger partial charge is 0.444 e. The van der Waals surface area contributed by atoms with E-state index in [0.29, 0.717) is 28.6 Å². The maximum atomic E-state index is 11.8. The van der Waals surface area contributed by atoms with Gasteiger partial charge in [0.15, 0.2) is 6.29 Å². The number of carbonyl (C=O) groups is 2. The van der Waals surface area contributed by atoms with Crippen LogP contribution in [0.5, 0.6) is 0 Å². The number of carbonyl (C=O) groups excluding carboxylic acids is 2. The fraction of sp³-hybridized carbons (Fsp3) is 0.0588. The van der Waals surface area contributed by atoms with Crippen LogP contribution in [0.15, 0.2) is 54.9 Å². The fourth-order valence-electron chi connectivity index (χ4n) is 2.03. The van der Waals surface area contributed by atoms with E-state index < -0.39 is 6.09 Å². The summed E-state index contributed by atoms with van der Waals surface area (Å²) < 4.78 is 5.14. The molecule has 0 saturated heterocycles. The molecule has 3 rings (SSSR count). The predicted molar refractivity (Wildman–Crippen MR) is 85.2 cm³/mol. The third-order valence-electron chi connectivity index (χ3n) is 3.15. The second kappa shape index (κ2) is 6.65. The Morgan fingerprint density at radius 1 is 1.09 bits per heavy atom. The van der Waals surface area contributed by atoms with Crippen LogP contribution in [0.25, 0.3) is 11.0 Å². The number of rotatable bonds is 4. The summed E-state index contributed by atoms with van der Waals surface area (Å²) >= 11 is 0. The fourth-order valence-corrected chi connectivity index (χ4v) is 2.03. The number of hydrogen-bond donors (Lipinski definition) is 1. The van der Waals surface area contributed by atoms with E-state index in [1.807, 2.05) is 30.3 Å². The van der Waals surface area contributed by atoms with Crippen LogP contribution in [0.2, 0.25) is 0 Å². The molecule has 2 heterocycles. The Kier molecular flexibility index (Phi) is 4.24. The molecule has 6 nitrogen and oxygen atoms in total. The highest BCUT2D eigenvalue weighted by Gasteiger charge is 2.06. The van der Waals surface area contributed by atoms with E-state index in [0.717, 1.165) is 5.56 Å². The summed E-state index contributed by atoms with van der Waals surface area (Å²) in [5, 5.41) is 2.60. The molecule has 114 valence electrons. The van der Waals surface area contributed by atoms with Crippen molar-refractivity contribution in [2.75, 3.05) is 5.32 Å². The van der Waals surface area contributed by atoms with Crippen LogP contribution in [-0.2, 0) is 11.3 Å². The van der Waals surface area contributed by atoms with E-state index in [4.69, 9.17) is 4.74 Å². The molecule has 0 atom stereocenters. The molecule has 0 fully saturated rings. The van der Waals surface area contributed by atoms with E-state index in [-0.39, 0.29) is 6.61 Å². The van der Waals surface area contributed by atoms with E-state index in [1.165, 1.54) is 12.4 Å². The van der Waals surface area contributed by atoms with Crippen molar-refractivity contribution in [1.29, 1.82) is 0 Å². The van der Waals surface area contributed by atoms with E-state index in [2.05, 4.69) is 15.3 Å². The number of pyridine rings is 2. The van der Waals surface area contributed by atoms with Crippen LogP contribution in [0, 0.1) is 0 Å². The average molecular weight is 307 g/mol. The first-order valence-corrected chi connectivity index (χ1v) is 6.93. The molecule has 1 amide bonds. The number of anilines is 1. The number of ether oxygens (including phenoxy) is 1. The second-order valence-electron chi connectivity index (χ2n) is 4.84. The van der Waals surface area contributed by atoms with Gasteiger partial charge in [-0.1, -0.05) is 30.3 Å². The van der Waals surface area contributed by atoms with Gasteiger partial charge in [0.1, 0.15) is 6.61 Å². The minimum absolute atomic E-state index is 0.189. The van der Waals surface area contributed by atoms with Gasteiger partial charge in [0, 0.05) is 11.8 Å². The zero-order chi connectivity index (χ0) is 16.1. The van der Waals surface area contributed by atoms with Gasteiger partial charge in [-0.15, -0.1) is 0 Å². The molecule has 0 aliphatic rings. The molecule has 0 unspecified atom stereocenters. The molecule has 0 bridgehead atoms. The van der Waals surface area contributed by atoms with Crippen molar-refractivity contribution < 1.29 is 14.3 Å². The van der Waals surface area contributed by atoms with Crippen molar-refractivity contribution in [3.63, 3.8) is 0 Å². The third-order valence-corrected chi connectivity index (χ3v) is 3.15. The number of fused-ring (bicyclic) bond motifs is 1. The summed E-state index contributed by atoms with van der Waals surface area (Å²) in [5.41, 5.74) is 2.99. The number of benzene rings is 1. The zero-order valence-corrected chi connectivity index (χ0v) is 12.1. The van der Waals surface area contributed by atoms with Crippen molar-refractivity contribution in [1.82, 2.24) is 9.97 Å². The van der Waals surface area contributed by atoms with Gasteiger partial charge in [-0.25, -0.2) is 4.79 Å². The summed E-state index contributed by atoms with van der Waals surface area (Å²) in [6, 6.07) is 12.7. The van der Waals surface area contributed by atoms with Crippen LogP contribution in [0.1, 0.15) is 15.9 Å². The topological polar surface area (TPSA) is 81.2 Å². The van der Waals surface area contributed by atoms with Crippen LogP contribution in [0.4, 0.5) is 10.5 Å². The van der Waals surface area contributed by atoms with Gasteiger partial charge in [0.25, 0.3) is 0 Å². The average Bonchev–Trinajstić information content (AvgIpc) is 2.60. The Labute approximate surface area is 132 Å². The van der Waals surface area contributed by atoms with E-state index in [1.54, 1.807) is 12.1 Å². The molecule has 0 radical (unpaired) electrons. The van der Waals surface area contributed by atoms with Gasteiger partial charge in [-0.05, 0) is 17.7 Å². The SMILES string of the molecule is O=Cc1cnc2cc(NC(=O)OCc3ccccc3)cnc2c1. The van der Waals surface area contributed by atoms with Crippen LogP contribution in [0.3, 0.4) is 0 Å². The van der Waals surface area contributed by atoms with E-state index >= 15 is 0 Å². The van der Waals surface area contributed by atoms with Crippen LogP contribution < -0.4 is 5.32 Å². The lowest BCUT2D eigenvalue weighted by molar-refractivity contribution is 0.112. The first-order valence-electron chi connectivity index (χ1n) is 6.93. The molecule has 0 aliphatic heterocycles. The number of nitrogens with one attached hydrogen (secondary N) is 1. The Bertz CT molecular complexity index is 850. The van der Waals surface area contributed by atoms with E-state index in [9.17, 15) is 9.59 Å².